The van der Waals surface area contributed by atoms with Crippen molar-refractivity contribution >= 4 is 5.82 Å². The van der Waals surface area contributed by atoms with Crippen LogP contribution in [0, 0.1) is 6.92 Å². The maximum atomic E-state index is 13.6. The van der Waals surface area contributed by atoms with Gasteiger partial charge in [-0.15, -0.1) is 0 Å². The molecule has 0 radical (unpaired) electrons. The highest BCUT2D eigenvalue weighted by Crippen LogP contribution is 2.34. The predicted octanol–water partition coefficient (Wildman–Crippen LogP) is 5.04. The highest BCUT2D eigenvalue weighted by Gasteiger charge is 2.31. The van der Waals surface area contributed by atoms with Crippen LogP contribution in [-0.4, -0.2) is 34.3 Å². The molecule has 164 valence electrons. The van der Waals surface area contributed by atoms with Crippen LogP contribution in [0.25, 0.3) is 22.5 Å². The molecule has 0 saturated carbocycles. The molecule has 3 rings (SSSR count). The second kappa shape index (κ2) is 9.34. The SMILES string of the molecule is CC[C@@H](N)CNc1nc(-c2cc(C)ccc2O)ncc1-c1ccc(C(F)(F)CF)cc1. The van der Waals surface area contributed by atoms with Gasteiger partial charge in [-0.2, -0.15) is 8.78 Å². The fourth-order valence-electron chi connectivity index (χ4n) is 3.03. The van der Waals surface area contributed by atoms with Gasteiger partial charge in [-0.05, 0) is 31.0 Å². The van der Waals surface area contributed by atoms with Gasteiger partial charge in [-0.25, -0.2) is 14.4 Å². The van der Waals surface area contributed by atoms with Crippen molar-refractivity contribution < 1.29 is 18.3 Å². The lowest BCUT2D eigenvalue weighted by atomic mass is 10.0. The van der Waals surface area contributed by atoms with E-state index >= 15 is 0 Å². The first kappa shape index (κ1) is 22.6. The number of hydrogen-bond acceptors (Lipinski definition) is 5. The number of halogens is 3. The number of aryl methyl sites for hydroxylation is 1. The number of anilines is 1. The lowest BCUT2D eigenvalue weighted by Gasteiger charge is -2.17. The topological polar surface area (TPSA) is 84.1 Å². The smallest absolute Gasteiger partial charge is 0.301 e. The zero-order chi connectivity index (χ0) is 22.6. The van der Waals surface area contributed by atoms with Crippen molar-refractivity contribution in [2.24, 2.45) is 5.73 Å². The molecule has 0 amide bonds. The number of phenolic OH excluding ortho intramolecular Hbond substituents is 1. The third kappa shape index (κ3) is 5.14. The number of nitrogens with one attached hydrogen (secondary N) is 1. The van der Waals surface area contributed by atoms with E-state index in [1.807, 2.05) is 13.8 Å². The zero-order valence-electron chi connectivity index (χ0n) is 17.4. The molecule has 5 nitrogen and oxygen atoms in total. The van der Waals surface area contributed by atoms with Crippen LogP contribution in [0.3, 0.4) is 0 Å². The Hall–Kier alpha value is -3.13. The van der Waals surface area contributed by atoms with Gasteiger partial charge >= 0.3 is 5.92 Å². The molecule has 31 heavy (non-hydrogen) atoms. The average molecular weight is 430 g/mol. The van der Waals surface area contributed by atoms with E-state index in [2.05, 4.69) is 15.3 Å². The standard InChI is InChI=1S/C23H25F3N4O/c1-3-17(27)11-28-22-19(15-5-7-16(8-6-15)23(25,26)13-24)12-29-21(30-22)18-10-14(2)4-9-20(18)31/h4-10,12,17,31H,3,11,13,27H2,1-2H3,(H,28,29,30)/t17-/m1/s1. The number of alkyl halides is 3. The van der Waals surface area contributed by atoms with Crippen molar-refractivity contribution in [3.63, 3.8) is 0 Å². The fourth-order valence-corrected chi connectivity index (χ4v) is 3.03. The molecule has 2 aromatic carbocycles. The maximum absolute atomic E-state index is 13.6. The first-order valence-electron chi connectivity index (χ1n) is 9.96. The minimum atomic E-state index is -3.53. The van der Waals surface area contributed by atoms with Crippen molar-refractivity contribution in [2.75, 3.05) is 18.5 Å². The Bertz CT molecular complexity index is 1040. The quantitative estimate of drug-likeness (QED) is 0.467. The van der Waals surface area contributed by atoms with Gasteiger partial charge < -0.3 is 16.2 Å². The van der Waals surface area contributed by atoms with Crippen molar-refractivity contribution in [1.29, 1.82) is 0 Å². The average Bonchev–Trinajstić information content (AvgIpc) is 2.79. The zero-order valence-corrected chi connectivity index (χ0v) is 17.4. The van der Waals surface area contributed by atoms with Crippen LogP contribution in [-0.2, 0) is 5.92 Å². The lowest BCUT2D eigenvalue weighted by molar-refractivity contribution is -0.0280. The molecular weight excluding hydrogens is 405 g/mol. The number of benzene rings is 2. The third-order valence-electron chi connectivity index (χ3n) is 5.02. The van der Waals surface area contributed by atoms with E-state index < -0.39 is 18.2 Å². The number of rotatable bonds is 8. The molecule has 0 aliphatic carbocycles. The Kier molecular flexibility index (Phi) is 6.80. The van der Waals surface area contributed by atoms with Crippen molar-refractivity contribution in [3.05, 3.63) is 59.8 Å². The Morgan fingerprint density at radius 2 is 1.84 bits per heavy atom. The molecule has 0 aliphatic heterocycles. The van der Waals surface area contributed by atoms with Gasteiger partial charge in [0.2, 0.25) is 0 Å². The van der Waals surface area contributed by atoms with Crippen molar-refractivity contribution in [1.82, 2.24) is 9.97 Å². The first-order chi connectivity index (χ1) is 14.7. The number of phenols is 1. The number of aromatic nitrogens is 2. The van der Waals surface area contributed by atoms with E-state index in [0.717, 1.165) is 12.0 Å². The largest absolute Gasteiger partial charge is 0.507 e. The fraction of sp³-hybridized carbons (Fsp3) is 0.304. The molecule has 0 aliphatic rings. The third-order valence-corrected chi connectivity index (χ3v) is 5.02. The van der Waals surface area contributed by atoms with Crippen LogP contribution in [0.1, 0.15) is 24.5 Å². The van der Waals surface area contributed by atoms with Crippen molar-refractivity contribution in [2.45, 2.75) is 32.2 Å². The summed E-state index contributed by atoms with van der Waals surface area (Å²) in [6, 6.07) is 10.4. The molecule has 3 aromatic rings. The maximum Gasteiger partial charge on any atom is 0.301 e. The van der Waals surface area contributed by atoms with E-state index in [4.69, 9.17) is 5.73 Å². The van der Waals surface area contributed by atoms with Crippen LogP contribution in [0.2, 0.25) is 0 Å². The summed E-state index contributed by atoms with van der Waals surface area (Å²) in [6.45, 7) is 2.54. The molecular formula is C23H25F3N4O. The minimum Gasteiger partial charge on any atom is -0.507 e. The summed E-state index contributed by atoms with van der Waals surface area (Å²) < 4.78 is 39.8. The first-order valence-corrected chi connectivity index (χ1v) is 9.96. The molecule has 0 spiro atoms. The molecule has 0 saturated heterocycles. The molecule has 8 heteroatoms. The molecule has 0 fully saturated rings. The summed E-state index contributed by atoms with van der Waals surface area (Å²) in [7, 11) is 0. The highest BCUT2D eigenvalue weighted by molar-refractivity contribution is 5.77. The summed E-state index contributed by atoms with van der Waals surface area (Å²) >= 11 is 0. The predicted molar refractivity (Wildman–Crippen MR) is 116 cm³/mol. The van der Waals surface area contributed by atoms with Crippen molar-refractivity contribution in [3.8, 4) is 28.3 Å². The van der Waals surface area contributed by atoms with Gasteiger partial charge in [-0.1, -0.05) is 42.8 Å². The second-order valence-corrected chi connectivity index (χ2v) is 7.44. The van der Waals surface area contributed by atoms with Crippen LogP contribution in [0.4, 0.5) is 19.0 Å². The summed E-state index contributed by atoms with van der Waals surface area (Å²) in [6.07, 6.45) is 2.32. The molecule has 0 bridgehead atoms. The lowest BCUT2D eigenvalue weighted by Crippen LogP contribution is -2.28. The molecule has 4 N–H and O–H groups in total. The number of aromatic hydroxyl groups is 1. The number of nitrogens with two attached hydrogens (primary N) is 1. The molecule has 0 unspecified atom stereocenters. The van der Waals surface area contributed by atoms with Crippen LogP contribution in [0.5, 0.6) is 5.75 Å². The molecule has 1 heterocycles. The summed E-state index contributed by atoms with van der Waals surface area (Å²) in [4.78, 5) is 8.94. The second-order valence-electron chi connectivity index (χ2n) is 7.44. The molecule has 1 atom stereocenters. The van der Waals surface area contributed by atoms with Gasteiger partial charge in [0.25, 0.3) is 0 Å². The van der Waals surface area contributed by atoms with E-state index in [1.165, 1.54) is 24.3 Å². The van der Waals surface area contributed by atoms with E-state index in [0.29, 0.717) is 34.9 Å². The van der Waals surface area contributed by atoms with E-state index in [1.54, 1.807) is 24.4 Å². The van der Waals surface area contributed by atoms with Gasteiger partial charge in [-0.3, -0.25) is 0 Å². The molecule has 1 aromatic heterocycles. The van der Waals surface area contributed by atoms with Crippen LogP contribution >= 0.6 is 0 Å². The van der Waals surface area contributed by atoms with Gasteiger partial charge in [0, 0.05) is 29.9 Å². The van der Waals surface area contributed by atoms with Gasteiger partial charge in [0.15, 0.2) is 12.5 Å². The van der Waals surface area contributed by atoms with Gasteiger partial charge in [0.1, 0.15) is 11.6 Å². The van der Waals surface area contributed by atoms with Crippen LogP contribution < -0.4 is 11.1 Å². The Morgan fingerprint density at radius 3 is 2.48 bits per heavy atom. The number of nitrogens with zero attached hydrogens (tertiary/aromatic N) is 2. The monoisotopic (exact) mass is 430 g/mol. The Morgan fingerprint density at radius 1 is 1.13 bits per heavy atom. The highest BCUT2D eigenvalue weighted by atomic mass is 19.3. The normalized spacial score (nSPS) is 12.6. The van der Waals surface area contributed by atoms with Gasteiger partial charge in [0.05, 0.1) is 5.56 Å². The summed E-state index contributed by atoms with van der Waals surface area (Å²) in [5.74, 6) is -2.71. The number of hydrogen-bond donors (Lipinski definition) is 3. The minimum absolute atomic E-state index is 0.0485. The summed E-state index contributed by atoms with van der Waals surface area (Å²) in [5.41, 5.74) is 8.20. The van der Waals surface area contributed by atoms with Crippen LogP contribution in [0.15, 0.2) is 48.7 Å². The Labute approximate surface area is 179 Å². The Balaban J connectivity index is 2.03. The van der Waals surface area contributed by atoms with E-state index in [-0.39, 0.29) is 11.8 Å². The summed E-state index contributed by atoms with van der Waals surface area (Å²) in [5, 5.41) is 13.4. The van der Waals surface area contributed by atoms with E-state index in [9.17, 15) is 18.3 Å².